The molecule has 1 fully saturated rings. The zero-order chi connectivity index (χ0) is 14.3. The number of aliphatic hydroxyl groups excluding tert-OH is 1. The molecular weight excluding hydrogens is 252 g/mol. The molecule has 4 nitrogen and oxygen atoms in total. The molecule has 2 N–H and O–H groups in total. The van der Waals surface area contributed by atoms with E-state index in [9.17, 15) is 9.90 Å². The average molecular weight is 276 g/mol. The molecule has 0 unspecified atom stereocenters. The molecule has 20 heavy (non-hydrogen) atoms. The van der Waals surface area contributed by atoms with Crippen LogP contribution in [0, 0.1) is 5.41 Å². The lowest BCUT2D eigenvalue weighted by atomic mass is 9.74. The molecule has 4 heteroatoms. The van der Waals surface area contributed by atoms with E-state index in [4.69, 9.17) is 0 Å². The highest BCUT2D eigenvalue weighted by Crippen LogP contribution is 2.35. The first-order valence-corrected chi connectivity index (χ1v) is 7.51. The number of carbonyl (C=O) groups excluding carboxylic acids is 1. The summed E-state index contributed by atoms with van der Waals surface area (Å²) in [7, 11) is 0. The van der Waals surface area contributed by atoms with Gasteiger partial charge in [-0.25, -0.2) is 0 Å². The molecule has 0 spiro atoms. The number of nitrogens with zero attached hydrogens (tertiary/aromatic N) is 1. The van der Waals surface area contributed by atoms with Gasteiger partial charge in [0.25, 0.3) is 0 Å². The lowest BCUT2D eigenvalue weighted by Crippen LogP contribution is -2.41. The van der Waals surface area contributed by atoms with E-state index in [0.717, 1.165) is 37.7 Å². The monoisotopic (exact) mass is 276 g/mol. The number of nitrogens with one attached hydrogen (secondary N) is 1. The standard InChI is InChI=1S/C16H24N2O2/c19-13-16(8-2-1-3-9-16)12-18-15(20)5-4-14-6-10-17-11-7-14/h6-7,10-11,19H,1-5,8-9,12-13H2,(H,18,20). The van der Waals surface area contributed by atoms with Crippen molar-refractivity contribution in [2.45, 2.75) is 44.9 Å². The Bertz CT molecular complexity index is 414. The van der Waals surface area contributed by atoms with Crippen LogP contribution in [0.1, 0.15) is 44.1 Å². The zero-order valence-electron chi connectivity index (χ0n) is 12.0. The Labute approximate surface area is 120 Å². The number of aryl methyl sites for hydroxylation is 1. The third kappa shape index (κ3) is 4.30. The second kappa shape index (κ2) is 7.39. The summed E-state index contributed by atoms with van der Waals surface area (Å²) in [4.78, 5) is 15.9. The molecule has 0 aliphatic heterocycles. The van der Waals surface area contributed by atoms with Crippen molar-refractivity contribution in [2.75, 3.05) is 13.2 Å². The Hall–Kier alpha value is -1.42. The number of aromatic nitrogens is 1. The SMILES string of the molecule is O=C(CCc1ccncc1)NCC1(CO)CCCCC1. The lowest BCUT2D eigenvalue weighted by Gasteiger charge is -2.35. The lowest BCUT2D eigenvalue weighted by molar-refractivity contribution is -0.121. The summed E-state index contributed by atoms with van der Waals surface area (Å²) in [5, 5.41) is 12.6. The summed E-state index contributed by atoms with van der Waals surface area (Å²) in [5.74, 6) is 0.0696. The van der Waals surface area contributed by atoms with Crippen LogP contribution in [0.2, 0.25) is 0 Å². The van der Waals surface area contributed by atoms with Crippen LogP contribution >= 0.6 is 0 Å². The highest BCUT2D eigenvalue weighted by molar-refractivity contribution is 5.76. The molecular formula is C16H24N2O2. The van der Waals surface area contributed by atoms with Gasteiger partial charge < -0.3 is 10.4 Å². The molecule has 2 rings (SSSR count). The molecule has 0 atom stereocenters. The molecule has 1 aromatic heterocycles. The maximum absolute atomic E-state index is 11.9. The number of amides is 1. The minimum absolute atomic E-state index is 0.0696. The highest BCUT2D eigenvalue weighted by Gasteiger charge is 2.31. The van der Waals surface area contributed by atoms with Gasteiger partial charge in [-0.1, -0.05) is 19.3 Å². The minimum Gasteiger partial charge on any atom is -0.396 e. The summed E-state index contributed by atoms with van der Waals surface area (Å²) < 4.78 is 0. The van der Waals surface area contributed by atoms with Gasteiger partial charge in [0, 0.05) is 30.8 Å². The van der Waals surface area contributed by atoms with Gasteiger partial charge >= 0.3 is 0 Å². The van der Waals surface area contributed by atoms with Crippen molar-refractivity contribution < 1.29 is 9.90 Å². The van der Waals surface area contributed by atoms with Crippen LogP contribution in [0.4, 0.5) is 0 Å². The fraction of sp³-hybridized carbons (Fsp3) is 0.625. The van der Waals surface area contributed by atoms with Crippen LogP contribution in [-0.2, 0) is 11.2 Å². The Balaban J connectivity index is 1.74. The number of hydrogen-bond acceptors (Lipinski definition) is 3. The van der Waals surface area contributed by atoms with Crippen molar-refractivity contribution in [2.24, 2.45) is 5.41 Å². The predicted octanol–water partition coefficient (Wildman–Crippen LogP) is 2.07. The first-order chi connectivity index (χ1) is 9.74. The molecule has 0 aromatic carbocycles. The number of carbonyl (C=O) groups is 1. The summed E-state index contributed by atoms with van der Waals surface area (Å²) in [5.41, 5.74) is 1.05. The van der Waals surface area contributed by atoms with Crippen LogP contribution in [-0.4, -0.2) is 29.1 Å². The van der Waals surface area contributed by atoms with Gasteiger partial charge in [0.1, 0.15) is 0 Å². The first-order valence-electron chi connectivity index (χ1n) is 7.51. The van der Waals surface area contributed by atoms with Gasteiger partial charge in [0.2, 0.25) is 5.91 Å². The van der Waals surface area contributed by atoms with E-state index >= 15 is 0 Å². The Morgan fingerprint density at radius 1 is 1.25 bits per heavy atom. The van der Waals surface area contributed by atoms with E-state index in [1.54, 1.807) is 12.4 Å². The smallest absolute Gasteiger partial charge is 0.220 e. The van der Waals surface area contributed by atoms with Crippen molar-refractivity contribution >= 4 is 5.91 Å². The molecule has 1 heterocycles. The van der Waals surface area contributed by atoms with Crippen molar-refractivity contribution in [3.8, 4) is 0 Å². The number of pyridine rings is 1. The predicted molar refractivity (Wildman–Crippen MR) is 78.2 cm³/mol. The van der Waals surface area contributed by atoms with Crippen molar-refractivity contribution in [3.05, 3.63) is 30.1 Å². The molecule has 1 aliphatic carbocycles. The van der Waals surface area contributed by atoms with Crippen molar-refractivity contribution in [3.63, 3.8) is 0 Å². The molecule has 1 saturated carbocycles. The van der Waals surface area contributed by atoms with Crippen LogP contribution in [0.25, 0.3) is 0 Å². The van der Waals surface area contributed by atoms with E-state index in [1.165, 1.54) is 6.42 Å². The van der Waals surface area contributed by atoms with Crippen LogP contribution in [0.3, 0.4) is 0 Å². The number of hydrogen-bond donors (Lipinski definition) is 2. The highest BCUT2D eigenvalue weighted by atomic mass is 16.3. The number of rotatable bonds is 6. The summed E-state index contributed by atoms with van der Waals surface area (Å²) in [6.07, 6.45) is 10.3. The van der Waals surface area contributed by atoms with Crippen molar-refractivity contribution in [1.82, 2.24) is 10.3 Å². The third-order valence-electron chi connectivity index (χ3n) is 4.30. The maximum atomic E-state index is 11.9. The Kier molecular flexibility index (Phi) is 5.53. The largest absolute Gasteiger partial charge is 0.396 e. The number of aliphatic hydroxyl groups is 1. The normalized spacial score (nSPS) is 17.6. The third-order valence-corrected chi connectivity index (χ3v) is 4.30. The second-order valence-electron chi connectivity index (χ2n) is 5.85. The van der Waals surface area contributed by atoms with Gasteiger partial charge in [0.15, 0.2) is 0 Å². The van der Waals surface area contributed by atoms with E-state index in [0.29, 0.717) is 13.0 Å². The quantitative estimate of drug-likeness (QED) is 0.836. The van der Waals surface area contributed by atoms with E-state index in [1.807, 2.05) is 12.1 Å². The Morgan fingerprint density at radius 2 is 1.95 bits per heavy atom. The van der Waals surface area contributed by atoms with E-state index in [2.05, 4.69) is 10.3 Å². The average Bonchev–Trinajstić information content (AvgIpc) is 2.53. The van der Waals surface area contributed by atoms with E-state index < -0.39 is 0 Å². The second-order valence-corrected chi connectivity index (χ2v) is 5.85. The van der Waals surface area contributed by atoms with Crippen molar-refractivity contribution in [1.29, 1.82) is 0 Å². The van der Waals surface area contributed by atoms with Gasteiger partial charge in [-0.3, -0.25) is 9.78 Å². The minimum atomic E-state index is -0.0788. The zero-order valence-corrected chi connectivity index (χ0v) is 12.0. The molecule has 0 bridgehead atoms. The molecule has 1 aromatic rings. The fourth-order valence-electron chi connectivity index (χ4n) is 2.87. The van der Waals surface area contributed by atoms with Crippen LogP contribution < -0.4 is 5.32 Å². The van der Waals surface area contributed by atoms with Gasteiger partial charge in [0.05, 0.1) is 6.61 Å². The topological polar surface area (TPSA) is 62.2 Å². The van der Waals surface area contributed by atoms with Crippen LogP contribution in [0.15, 0.2) is 24.5 Å². The van der Waals surface area contributed by atoms with Crippen LogP contribution in [0.5, 0.6) is 0 Å². The molecule has 0 saturated heterocycles. The summed E-state index contributed by atoms with van der Waals surface area (Å²) in [6.45, 7) is 0.788. The fourth-order valence-corrected chi connectivity index (χ4v) is 2.87. The van der Waals surface area contributed by atoms with Gasteiger partial charge in [-0.15, -0.1) is 0 Å². The van der Waals surface area contributed by atoms with Gasteiger partial charge in [-0.2, -0.15) is 0 Å². The Morgan fingerprint density at radius 3 is 2.60 bits per heavy atom. The molecule has 0 radical (unpaired) electrons. The first kappa shape index (κ1) is 15.0. The molecule has 1 aliphatic rings. The maximum Gasteiger partial charge on any atom is 0.220 e. The molecule has 1 amide bonds. The molecule has 110 valence electrons. The summed E-state index contributed by atoms with van der Waals surface area (Å²) >= 11 is 0. The van der Waals surface area contributed by atoms with Gasteiger partial charge in [-0.05, 0) is 37.0 Å². The van der Waals surface area contributed by atoms with E-state index in [-0.39, 0.29) is 17.9 Å². The summed E-state index contributed by atoms with van der Waals surface area (Å²) in [6, 6.07) is 3.87.